The van der Waals surface area contributed by atoms with Crippen molar-refractivity contribution in [3.63, 3.8) is 0 Å². The molecule has 122 valence electrons. The third-order valence-corrected chi connectivity index (χ3v) is 5.91. The highest BCUT2D eigenvalue weighted by Crippen LogP contribution is 2.22. The number of nitrogens with zero attached hydrogens (tertiary/aromatic N) is 2. The van der Waals surface area contributed by atoms with Crippen LogP contribution in [0.25, 0.3) is 0 Å². The summed E-state index contributed by atoms with van der Waals surface area (Å²) in [5.41, 5.74) is 0. The Labute approximate surface area is 138 Å². The molecular weight excluding hydrogens is 292 g/mol. The second-order valence-corrected chi connectivity index (χ2v) is 7.69. The SMILES string of the molecule is O[C@H]1CCCN(C2CCN(CCSc3ccccc3)CC2)C1. The average molecular weight is 321 g/mol. The van der Waals surface area contributed by atoms with Crippen LogP contribution in [-0.4, -0.2) is 65.5 Å². The summed E-state index contributed by atoms with van der Waals surface area (Å²) in [4.78, 5) is 6.51. The number of hydrogen-bond acceptors (Lipinski definition) is 4. The van der Waals surface area contributed by atoms with E-state index in [-0.39, 0.29) is 6.10 Å². The Morgan fingerprint density at radius 3 is 2.55 bits per heavy atom. The largest absolute Gasteiger partial charge is 0.392 e. The number of aliphatic hydroxyl groups is 1. The van der Waals surface area contributed by atoms with Crippen LogP contribution in [0.5, 0.6) is 0 Å². The Morgan fingerprint density at radius 2 is 1.82 bits per heavy atom. The van der Waals surface area contributed by atoms with Crippen LogP contribution in [0.2, 0.25) is 0 Å². The van der Waals surface area contributed by atoms with Crippen LogP contribution in [0.15, 0.2) is 35.2 Å². The molecule has 1 aromatic carbocycles. The van der Waals surface area contributed by atoms with Crippen LogP contribution in [0, 0.1) is 0 Å². The third kappa shape index (κ3) is 4.72. The van der Waals surface area contributed by atoms with Crippen LogP contribution in [0.3, 0.4) is 0 Å². The monoisotopic (exact) mass is 320 g/mol. The summed E-state index contributed by atoms with van der Waals surface area (Å²) in [6, 6.07) is 11.4. The van der Waals surface area contributed by atoms with E-state index in [1.54, 1.807) is 0 Å². The molecule has 4 heteroatoms. The molecule has 3 rings (SSSR count). The molecule has 2 heterocycles. The maximum absolute atomic E-state index is 9.83. The molecule has 0 saturated carbocycles. The first-order chi connectivity index (χ1) is 10.8. The fraction of sp³-hybridized carbons (Fsp3) is 0.667. The molecule has 0 spiro atoms. The zero-order valence-corrected chi connectivity index (χ0v) is 14.2. The lowest BCUT2D eigenvalue weighted by molar-refractivity contribution is 0.0261. The molecule has 0 bridgehead atoms. The predicted molar refractivity (Wildman–Crippen MR) is 93.4 cm³/mol. The second-order valence-electron chi connectivity index (χ2n) is 6.53. The predicted octanol–water partition coefficient (Wildman–Crippen LogP) is 2.70. The van der Waals surface area contributed by atoms with Gasteiger partial charge in [0.25, 0.3) is 0 Å². The summed E-state index contributed by atoms with van der Waals surface area (Å²) < 4.78 is 0. The van der Waals surface area contributed by atoms with Gasteiger partial charge in [-0.3, -0.25) is 4.90 Å². The minimum Gasteiger partial charge on any atom is -0.392 e. The van der Waals surface area contributed by atoms with Gasteiger partial charge in [0.2, 0.25) is 0 Å². The molecule has 0 radical (unpaired) electrons. The highest BCUT2D eigenvalue weighted by atomic mass is 32.2. The molecule has 1 aromatic rings. The van der Waals surface area contributed by atoms with Crippen molar-refractivity contribution in [1.29, 1.82) is 0 Å². The zero-order chi connectivity index (χ0) is 15.2. The minimum atomic E-state index is -0.0888. The number of hydrogen-bond donors (Lipinski definition) is 1. The molecule has 3 nitrogen and oxygen atoms in total. The molecular formula is C18H28N2OS. The van der Waals surface area contributed by atoms with Crippen LogP contribution in [0.4, 0.5) is 0 Å². The highest BCUT2D eigenvalue weighted by molar-refractivity contribution is 7.99. The number of aliphatic hydroxyl groups excluding tert-OH is 1. The Morgan fingerprint density at radius 1 is 1.05 bits per heavy atom. The molecule has 2 saturated heterocycles. The summed E-state index contributed by atoms with van der Waals surface area (Å²) in [6.45, 7) is 5.70. The van der Waals surface area contributed by atoms with Crippen molar-refractivity contribution in [2.24, 2.45) is 0 Å². The summed E-state index contributed by atoms with van der Waals surface area (Å²) in [5.74, 6) is 1.18. The van der Waals surface area contributed by atoms with Crippen molar-refractivity contribution in [2.75, 3.05) is 38.5 Å². The van der Waals surface area contributed by atoms with E-state index in [0.717, 1.165) is 19.4 Å². The number of piperidine rings is 2. The van der Waals surface area contributed by atoms with Crippen molar-refractivity contribution in [2.45, 2.75) is 42.7 Å². The maximum atomic E-state index is 9.83. The Kier molecular flexibility index (Phi) is 6.19. The van der Waals surface area contributed by atoms with Gasteiger partial charge in [-0.25, -0.2) is 0 Å². The molecule has 1 N–H and O–H groups in total. The molecule has 2 aliphatic rings. The average Bonchev–Trinajstić information content (AvgIpc) is 2.56. The van der Waals surface area contributed by atoms with E-state index in [2.05, 4.69) is 40.1 Å². The molecule has 2 aliphatic heterocycles. The van der Waals surface area contributed by atoms with E-state index in [9.17, 15) is 5.11 Å². The van der Waals surface area contributed by atoms with Gasteiger partial charge in [0.1, 0.15) is 0 Å². The smallest absolute Gasteiger partial charge is 0.0667 e. The molecule has 0 unspecified atom stereocenters. The topological polar surface area (TPSA) is 26.7 Å². The van der Waals surface area contributed by atoms with E-state index in [0.29, 0.717) is 6.04 Å². The van der Waals surface area contributed by atoms with Crippen LogP contribution in [-0.2, 0) is 0 Å². The summed E-state index contributed by atoms with van der Waals surface area (Å²) in [7, 11) is 0. The first-order valence-electron chi connectivity index (χ1n) is 8.63. The maximum Gasteiger partial charge on any atom is 0.0667 e. The van der Waals surface area contributed by atoms with E-state index in [4.69, 9.17) is 0 Å². The van der Waals surface area contributed by atoms with Gasteiger partial charge in [-0.1, -0.05) is 18.2 Å². The number of thioether (sulfide) groups is 1. The van der Waals surface area contributed by atoms with E-state index >= 15 is 0 Å². The van der Waals surface area contributed by atoms with Gasteiger partial charge in [0.05, 0.1) is 6.10 Å². The first kappa shape index (κ1) is 16.3. The molecule has 0 aromatic heterocycles. The normalized spacial score (nSPS) is 25.4. The van der Waals surface area contributed by atoms with Gasteiger partial charge in [-0.05, 0) is 57.5 Å². The third-order valence-electron chi connectivity index (χ3n) is 4.92. The van der Waals surface area contributed by atoms with Gasteiger partial charge in [0.15, 0.2) is 0 Å². The number of β-amino-alcohol motifs (C(OH)–C–C–N with tert-alkyl or cyclic N) is 1. The fourth-order valence-corrected chi connectivity index (χ4v) is 4.57. The first-order valence-corrected chi connectivity index (χ1v) is 9.62. The van der Waals surface area contributed by atoms with E-state index < -0.39 is 0 Å². The molecule has 1 atom stereocenters. The summed E-state index contributed by atoms with van der Waals surface area (Å²) in [6.07, 6.45) is 4.60. The van der Waals surface area contributed by atoms with Crippen molar-refractivity contribution in [3.8, 4) is 0 Å². The number of rotatable bonds is 5. The van der Waals surface area contributed by atoms with Gasteiger partial charge < -0.3 is 10.0 Å². The Hall–Kier alpha value is -0.550. The Bertz CT molecular complexity index is 434. The standard InChI is InChI=1S/C18H28N2OS/c21-17-5-4-10-20(15-17)16-8-11-19(12-9-16)13-14-22-18-6-2-1-3-7-18/h1-3,6-7,16-17,21H,4-5,8-15H2/t17-/m0/s1. The lowest BCUT2D eigenvalue weighted by Crippen LogP contribution is -2.49. The van der Waals surface area contributed by atoms with Gasteiger partial charge >= 0.3 is 0 Å². The van der Waals surface area contributed by atoms with Crippen molar-refractivity contribution in [3.05, 3.63) is 30.3 Å². The van der Waals surface area contributed by atoms with Crippen LogP contribution >= 0.6 is 11.8 Å². The van der Waals surface area contributed by atoms with Gasteiger partial charge in [0, 0.05) is 29.8 Å². The summed E-state index contributed by atoms with van der Waals surface area (Å²) >= 11 is 1.96. The van der Waals surface area contributed by atoms with Gasteiger partial charge in [-0.15, -0.1) is 11.8 Å². The Balaban J connectivity index is 1.35. The lowest BCUT2D eigenvalue weighted by Gasteiger charge is -2.41. The molecule has 22 heavy (non-hydrogen) atoms. The van der Waals surface area contributed by atoms with Crippen molar-refractivity contribution < 1.29 is 5.11 Å². The fourth-order valence-electron chi connectivity index (χ4n) is 3.63. The molecule has 2 fully saturated rings. The van der Waals surface area contributed by atoms with Crippen LogP contribution < -0.4 is 0 Å². The zero-order valence-electron chi connectivity index (χ0n) is 13.4. The minimum absolute atomic E-state index is 0.0888. The highest BCUT2D eigenvalue weighted by Gasteiger charge is 2.27. The van der Waals surface area contributed by atoms with Gasteiger partial charge in [-0.2, -0.15) is 0 Å². The number of benzene rings is 1. The van der Waals surface area contributed by atoms with Crippen molar-refractivity contribution in [1.82, 2.24) is 9.80 Å². The molecule has 0 amide bonds. The molecule has 0 aliphatic carbocycles. The van der Waals surface area contributed by atoms with Crippen LogP contribution in [0.1, 0.15) is 25.7 Å². The summed E-state index contributed by atoms with van der Waals surface area (Å²) in [5, 5.41) is 9.83. The van der Waals surface area contributed by atoms with E-state index in [1.807, 2.05) is 11.8 Å². The lowest BCUT2D eigenvalue weighted by atomic mass is 9.99. The van der Waals surface area contributed by atoms with Crippen molar-refractivity contribution >= 4 is 11.8 Å². The second kappa shape index (κ2) is 8.34. The quantitative estimate of drug-likeness (QED) is 0.844. The van der Waals surface area contributed by atoms with E-state index in [1.165, 1.54) is 49.7 Å². The number of likely N-dealkylation sites (tertiary alicyclic amines) is 2.